The molecule has 1 amide bonds. The molecule has 10 heavy (non-hydrogen) atoms. The first-order valence-corrected chi connectivity index (χ1v) is 3.64. The first-order valence-electron chi connectivity index (χ1n) is 3.64. The molecule has 0 aromatic heterocycles. The second-order valence-electron chi connectivity index (χ2n) is 2.87. The molecule has 3 heteroatoms. The maximum Gasteiger partial charge on any atom is 0.220 e. The summed E-state index contributed by atoms with van der Waals surface area (Å²) in [6.07, 6.45) is 1.30. The normalized spacial score (nSPS) is 32.4. The van der Waals surface area contributed by atoms with Crippen molar-refractivity contribution < 1.29 is 9.90 Å². The van der Waals surface area contributed by atoms with E-state index in [1.807, 2.05) is 6.92 Å². The van der Waals surface area contributed by atoms with Crippen LogP contribution in [0.25, 0.3) is 0 Å². The molecule has 2 atom stereocenters. The Morgan fingerprint density at radius 2 is 2.50 bits per heavy atom. The third-order valence-corrected chi connectivity index (χ3v) is 1.98. The third kappa shape index (κ3) is 1.48. The predicted octanol–water partition coefficient (Wildman–Crippen LogP) is -0.107. The van der Waals surface area contributed by atoms with Crippen molar-refractivity contribution >= 4 is 5.91 Å². The highest BCUT2D eigenvalue weighted by atomic mass is 16.3. The van der Waals surface area contributed by atoms with Crippen molar-refractivity contribution in [1.29, 1.82) is 0 Å². The molecule has 1 rings (SSSR count). The van der Waals surface area contributed by atoms with Gasteiger partial charge in [0.1, 0.15) is 0 Å². The lowest BCUT2D eigenvalue weighted by molar-refractivity contribution is -0.119. The Balaban J connectivity index is 2.38. The maximum atomic E-state index is 10.7. The Hall–Kier alpha value is -0.570. The molecule has 2 N–H and O–H groups in total. The van der Waals surface area contributed by atoms with Gasteiger partial charge in [0.25, 0.3) is 0 Å². The van der Waals surface area contributed by atoms with Crippen LogP contribution in [-0.4, -0.2) is 23.7 Å². The van der Waals surface area contributed by atoms with Gasteiger partial charge >= 0.3 is 0 Å². The molecule has 0 aromatic rings. The van der Waals surface area contributed by atoms with Crippen molar-refractivity contribution in [2.24, 2.45) is 5.92 Å². The van der Waals surface area contributed by atoms with Gasteiger partial charge in [-0.3, -0.25) is 4.79 Å². The molecule has 1 saturated heterocycles. The summed E-state index contributed by atoms with van der Waals surface area (Å²) in [5, 5.41) is 11.4. The van der Waals surface area contributed by atoms with Gasteiger partial charge in [-0.05, 0) is 12.3 Å². The molecule has 1 fully saturated rings. The largest absolute Gasteiger partial charge is 0.396 e. The maximum absolute atomic E-state index is 10.7. The van der Waals surface area contributed by atoms with E-state index in [9.17, 15) is 4.79 Å². The molecule has 0 radical (unpaired) electrons. The first kappa shape index (κ1) is 7.54. The number of aliphatic hydroxyl groups is 1. The zero-order chi connectivity index (χ0) is 7.56. The average molecular weight is 143 g/mol. The van der Waals surface area contributed by atoms with E-state index >= 15 is 0 Å². The predicted molar refractivity (Wildman–Crippen MR) is 37.4 cm³/mol. The fourth-order valence-electron chi connectivity index (χ4n) is 1.34. The molecule has 0 saturated carbocycles. The SMILES string of the molecule is C[C@@H]1CC(=O)N[C@@H]1CCO. The van der Waals surface area contributed by atoms with Crippen molar-refractivity contribution in [3.05, 3.63) is 0 Å². The van der Waals surface area contributed by atoms with Gasteiger partial charge in [-0.15, -0.1) is 0 Å². The van der Waals surface area contributed by atoms with E-state index in [-0.39, 0.29) is 18.6 Å². The van der Waals surface area contributed by atoms with Crippen LogP contribution < -0.4 is 5.32 Å². The molecule has 1 heterocycles. The minimum absolute atomic E-state index is 0.117. The highest BCUT2D eigenvalue weighted by Crippen LogP contribution is 2.17. The van der Waals surface area contributed by atoms with E-state index in [0.717, 1.165) is 0 Å². The third-order valence-electron chi connectivity index (χ3n) is 1.98. The number of nitrogens with one attached hydrogen (secondary N) is 1. The molecule has 0 aliphatic carbocycles. The van der Waals surface area contributed by atoms with Crippen molar-refractivity contribution in [1.82, 2.24) is 5.32 Å². The van der Waals surface area contributed by atoms with Gasteiger partial charge in [-0.25, -0.2) is 0 Å². The number of rotatable bonds is 2. The number of hydrogen-bond donors (Lipinski definition) is 2. The molecule has 0 spiro atoms. The topological polar surface area (TPSA) is 49.3 Å². The van der Waals surface area contributed by atoms with Gasteiger partial charge in [-0.2, -0.15) is 0 Å². The Morgan fingerprint density at radius 1 is 1.80 bits per heavy atom. The van der Waals surface area contributed by atoms with Gasteiger partial charge in [0.15, 0.2) is 0 Å². The summed E-state index contributed by atoms with van der Waals surface area (Å²) < 4.78 is 0. The van der Waals surface area contributed by atoms with Crippen LogP contribution in [0.1, 0.15) is 19.8 Å². The number of aliphatic hydroxyl groups excluding tert-OH is 1. The number of carbonyl (C=O) groups excluding carboxylic acids is 1. The second kappa shape index (κ2) is 3.01. The summed E-state index contributed by atoms with van der Waals surface area (Å²) in [4.78, 5) is 10.7. The Kier molecular flexibility index (Phi) is 2.27. The minimum Gasteiger partial charge on any atom is -0.396 e. The summed E-state index contributed by atoms with van der Waals surface area (Å²) in [7, 11) is 0. The molecule has 0 bridgehead atoms. The summed E-state index contributed by atoms with van der Waals surface area (Å²) in [5.74, 6) is 0.505. The fourth-order valence-corrected chi connectivity index (χ4v) is 1.34. The van der Waals surface area contributed by atoms with Crippen LogP contribution >= 0.6 is 0 Å². The van der Waals surface area contributed by atoms with E-state index in [1.165, 1.54) is 0 Å². The van der Waals surface area contributed by atoms with Crippen LogP contribution in [0.3, 0.4) is 0 Å². The first-order chi connectivity index (χ1) is 4.74. The van der Waals surface area contributed by atoms with Crippen molar-refractivity contribution in [2.75, 3.05) is 6.61 Å². The molecule has 58 valence electrons. The average Bonchev–Trinajstić information content (AvgIpc) is 2.13. The van der Waals surface area contributed by atoms with Crippen LogP contribution in [0.2, 0.25) is 0 Å². The molecular formula is C7H13NO2. The minimum atomic E-state index is 0.117. The Morgan fingerprint density at radius 3 is 2.90 bits per heavy atom. The van der Waals surface area contributed by atoms with Gasteiger partial charge in [-0.1, -0.05) is 6.92 Å². The molecule has 3 nitrogen and oxygen atoms in total. The molecular weight excluding hydrogens is 130 g/mol. The van der Waals surface area contributed by atoms with Crippen molar-refractivity contribution in [3.8, 4) is 0 Å². The molecule has 1 aliphatic rings. The van der Waals surface area contributed by atoms with Crippen LogP contribution in [0.5, 0.6) is 0 Å². The number of amides is 1. The quantitative estimate of drug-likeness (QED) is 0.566. The van der Waals surface area contributed by atoms with Crippen molar-refractivity contribution in [2.45, 2.75) is 25.8 Å². The number of carbonyl (C=O) groups is 1. The lowest BCUT2D eigenvalue weighted by Crippen LogP contribution is -2.28. The van der Waals surface area contributed by atoms with Crippen LogP contribution in [0.15, 0.2) is 0 Å². The lowest BCUT2D eigenvalue weighted by Gasteiger charge is -2.11. The highest BCUT2D eigenvalue weighted by Gasteiger charge is 2.27. The Bertz CT molecular complexity index is 136. The zero-order valence-electron chi connectivity index (χ0n) is 6.13. The molecule has 0 aromatic carbocycles. The highest BCUT2D eigenvalue weighted by molar-refractivity contribution is 5.78. The smallest absolute Gasteiger partial charge is 0.220 e. The monoisotopic (exact) mass is 143 g/mol. The standard InChI is InChI=1S/C7H13NO2/c1-5-4-7(10)8-6(5)2-3-9/h5-6,9H,2-4H2,1H3,(H,8,10)/t5-,6-/m1/s1. The second-order valence-corrected chi connectivity index (χ2v) is 2.87. The van der Waals surface area contributed by atoms with Gasteiger partial charge < -0.3 is 10.4 Å². The van der Waals surface area contributed by atoms with Gasteiger partial charge in [0.2, 0.25) is 5.91 Å². The van der Waals surface area contributed by atoms with Crippen LogP contribution in [0, 0.1) is 5.92 Å². The van der Waals surface area contributed by atoms with Crippen LogP contribution in [-0.2, 0) is 4.79 Å². The summed E-state index contributed by atoms with van der Waals surface area (Å²) in [6.45, 7) is 2.19. The van der Waals surface area contributed by atoms with Crippen molar-refractivity contribution in [3.63, 3.8) is 0 Å². The summed E-state index contributed by atoms with van der Waals surface area (Å²) >= 11 is 0. The molecule has 1 aliphatic heterocycles. The summed E-state index contributed by atoms with van der Waals surface area (Å²) in [6, 6.07) is 0.206. The van der Waals surface area contributed by atoms with Gasteiger partial charge in [0.05, 0.1) is 0 Å². The van der Waals surface area contributed by atoms with E-state index < -0.39 is 0 Å². The van der Waals surface area contributed by atoms with Crippen LogP contribution in [0.4, 0.5) is 0 Å². The summed E-state index contributed by atoms with van der Waals surface area (Å²) in [5.41, 5.74) is 0. The van der Waals surface area contributed by atoms with Gasteiger partial charge in [0, 0.05) is 19.1 Å². The zero-order valence-corrected chi connectivity index (χ0v) is 6.13. The fraction of sp³-hybridized carbons (Fsp3) is 0.857. The lowest BCUT2D eigenvalue weighted by atomic mass is 10.0. The molecule has 0 unspecified atom stereocenters. The van der Waals surface area contributed by atoms with E-state index in [0.29, 0.717) is 18.8 Å². The Labute approximate surface area is 60.4 Å². The van der Waals surface area contributed by atoms with E-state index in [1.54, 1.807) is 0 Å². The van der Waals surface area contributed by atoms with E-state index in [2.05, 4.69) is 5.32 Å². The van der Waals surface area contributed by atoms with E-state index in [4.69, 9.17) is 5.11 Å². The number of hydrogen-bond acceptors (Lipinski definition) is 2.